The van der Waals surface area contributed by atoms with E-state index in [9.17, 15) is 24.3 Å². The molecule has 6 rings (SSSR count). The molecule has 1 unspecified atom stereocenters. The molecule has 0 radical (unpaired) electrons. The number of amides is 3. The van der Waals surface area contributed by atoms with E-state index in [0.29, 0.717) is 17.0 Å². The highest BCUT2D eigenvalue weighted by molar-refractivity contribution is 8.00. The van der Waals surface area contributed by atoms with Gasteiger partial charge in [-0.1, -0.05) is 23.4 Å². The molecule has 2 atom stereocenters. The first-order valence-corrected chi connectivity index (χ1v) is 14.6. The quantitative estimate of drug-likeness (QED) is 0.0746. The van der Waals surface area contributed by atoms with Crippen molar-refractivity contribution in [2.75, 3.05) is 16.8 Å². The Labute approximate surface area is 250 Å². The van der Waals surface area contributed by atoms with Crippen molar-refractivity contribution in [2.24, 2.45) is 5.16 Å². The number of oxime groups is 1. The number of aromatic nitrogens is 2. The number of β-lactam (4-membered cyclic amide) rings is 1. The third-order valence-corrected chi connectivity index (χ3v) is 8.82. The molecule has 218 valence electrons. The molecule has 43 heavy (non-hydrogen) atoms. The van der Waals surface area contributed by atoms with Crippen LogP contribution in [0.3, 0.4) is 0 Å². The Kier molecular flexibility index (Phi) is 7.52. The molecule has 3 aromatic heterocycles. The number of thioether (sulfide) groups is 1. The third kappa shape index (κ3) is 5.64. The summed E-state index contributed by atoms with van der Waals surface area (Å²) < 4.78 is 7.95. The lowest BCUT2D eigenvalue weighted by Crippen LogP contribution is -2.71. The van der Waals surface area contributed by atoms with E-state index in [0.717, 1.165) is 16.3 Å². The Balaban J connectivity index is 1.18. The van der Waals surface area contributed by atoms with E-state index < -0.39 is 41.0 Å². The van der Waals surface area contributed by atoms with Crippen molar-refractivity contribution in [1.29, 1.82) is 0 Å². The van der Waals surface area contributed by atoms with Gasteiger partial charge in [0, 0.05) is 27.8 Å². The maximum Gasteiger partial charge on any atom is 0.437 e. The van der Waals surface area contributed by atoms with Crippen LogP contribution >= 0.6 is 23.1 Å². The van der Waals surface area contributed by atoms with E-state index in [1.54, 1.807) is 41.7 Å². The number of nitrogens with one attached hydrogen (secondary N) is 2. The minimum absolute atomic E-state index is 0.115. The lowest BCUT2D eigenvalue weighted by Gasteiger charge is -2.49. The molecular formula is C27H22N7O7S2+. The summed E-state index contributed by atoms with van der Waals surface area (Å²) in [6, 6.07) is 11.0. The number of carboxylic acids is 1. The molecular weight excluding hydrogens is 598 g/mol. The number of carbonyl (C=O) groups excluding carboxylic acids is 3. The summed E-state index contributed by atoms with van der Waals surface area (Å²) in [7, 11) is 0. The molecule has 2 aliphatic heterocycles. The van der Waals surface area contributed by atoms with Crippen LogP contribution in [-0.4, -0.2) is 61.7 Å². The molecule has 3 amide bonds. The second-order valence-electron chi connectivity index (χ2n) is 9.36. The van der Waals surface area contributed by atoms with Crippen molar-refractivity contribution in [2.45, 2.75) is 18.0 Å². The highest BCUT2D eigenvalue weighted by Crippen LogP contribution is 2.40. The van der Waals surface area contributed by atoms with E-state index in [2.05, 4.69) is 20.8 Å². The molecule has 4 aromatic rings. The summed E-state index contributed by atoms with van der Waals surface area (Å²) in [6.45, 7) is 0.278. The minimum Gasteiger partial charge on any atom is -0.477 e. The van der Waals surface area contributed by atoms with Crippen LogP contribution in [-0.2, 0) is 25.8 Å². The van der Waals surface area contributed by atoms with Gasteiger partial charge in [0.1, 0.15) is 29.1 Å². The number of benzene rings is 1. The zero-order chi connectivity index (χ0) is 30.1. The zero-order valence-corrected chi connectivity index (χ0v) is 23.6. The maximum atomic E-state index is 13.3. The van der Waals surface area contributed by atoms with Gasteiger partial charge in [-0.3, -0.25) is 24.6 Å². The Morgan fingerprint density at radius 2 is 2.05 bits per heavy atom. The number of fused-ring (bicyclic) bond motifs is 2. The van der Waals surface area contributed by atoms with Crippen LogP contribution in [0.25, 0.3) is 10.1 Å². The number of carbonyl (C=O) groups is 4. The first-order chi connectivity index (χ1) is 20.8. The summed E-state index contributed by atoms with van der Waals surface area (Å²) >= 11 is 2.93. The van der Waals surface area contributed by atoms with Crippen molar-refractivity contribution in [3.8, 4) is 0 Å². The van der Waals surface area contributed by atoms with Crippen LogP contribution < -0.4 is 20.9 Å². The first-order valence-electron chi connectivity index (χ1n) is 12.7. The van der Waals surface area contributed by atoms with Crippen molar-refractivity contribution >= 4 is 74.5 Å². The summed E-state index contributed by atoms with van der Waals surface area (Å²) in [5.74, 6) is -2.44. The number of pyridine rings is 1. The van der Waals surface area contributed by atoms with Gasteiger partial charge in [-0.25, -0.2) is 14.2 Å². The molecule has 0 bridgehead atoms. The van der Waals surface area contributed by atoms with Crippen LogP contribution in [0.5, 0.6) is 0 Å². The van der Waals surface area contributed by atoms with E-state index in [4.69, 9.17) is 15.0 Å². The van der Waals surface area contributed by atoms with Gasteiger partial charge in [0.15, 0.2) is 24.7 Å². The number of para-hydroxylation sites is 1. The number of nitrogen functional groups attached to an aromatic ring is 1. The topological polar surface area (TPSA) is 193 Å². The third-order valence-electron chi connectivity index (χ3n) is 6.58. The first kappa shape index (κ1) is 27.9. The number of rotatable bonds is 8. The summed E-state index contributed by atoms with van der Waals surface area (Å²) in [5.41, 5.74) is 5.80. The van der Waals surface area contributed by atoms with Crippen LogP contribution in [0.4, 0.5) is 16.5 Å². The lowest BCUT2D eigenvalue weighted by atomic mass is 10.0. The average Bonchev–Trinajstić information content (AvgIpc) is 3.64. The molecule has 5 heterocycles. The summed E-state index contributed by atoms with van der Waals surface area (Å²) in [5, 5.41) is 21.0. The van der Waals surface area contributed by atoms with Gasteiger partial charge in [-0.15, -0.1) is 23.1 Å². The molecule has 5 N–H and O–H groups in total. The Hall–Kier alpha value is -5.22. The van der Waals surface area contributed by atoms with Crippen LogP contribution in [0.1, 0.15) is 5.69 Å². The number of anilines is 2. The molecule has 16 heteroatoms. The second kappa shape index (κ2) is 11.6. The Morgan fingerprint density at radius 1 is 1.23 bits per heavy atom. The number of carboxylic acid groups (broad SMARTS) is 1. The highest BCUT2D eigenvalue weighted by atomic mass is 32.2. The fraction of sp³-hybridized carbons (Fsp3) is 0.148. The van der Waals surface area contributed by atoms with E-state index in [-0.39, 0.29) is 24.0 Å². The largest absolute Gasteiger partial charge is 0.477 e. The normalized spacial score (nSPS) is 18.2. The summed E-state index contributed by atoms with van der Waals surface area (Å²) in [4.78, 5) is 61.0. The SMILES string of the molecule is Nc1nc(C(=NOC(=O)Nc2ccccc2)C(=O)NC2C(=O)N3C(C(=O)O)=C(C[n+]4ccc5sccc5c4)CS[C@@H]23)co1. The van der Waals surface area contributed by atoms with Crippen molar-refractivity contribution < 1.29 is 38.1 Å². The number of hydrogen-bond acceptors (Lipinski definition) is 11. The number of thiophene rings is 1. The van der Waals surface area contributed by atoms with Gasteiger partial charge < -0.3 is 20.6 Å². The van der Waals surface area contributed by atoms with E-state index >= 15 is 0 Å². The van der Waals surface area contributed by atoms with Crippen LogP contribution in [0.2, 0.25) is 0 Å². The lowest BCUT2D eigenvalue weighted by molar-refractivity contribution is -0.687. The second-order valence-corrected chi connectivity index (χ2v) is 11.4. The smallest absolute Gasteiger partial charge is 0.437 e. The van der Waals surface area contributed by atoms with Gasteiger partial charge in [0.05, 0.1) is 5.39 Å². The van der Waals surface area contributed by atoms with Crippen LogP contribution in [0.15, 0.2) is 87.3 Å². The summed E-state index contributed by atoms with van der Waals surface area (Å²) in [6.07, 6.45) is 3.85. The fourth-order valence-corrected chi connectivity index (χ4v) is 6.73. The molecule has 14 nitrogen and oxygen atoms in total. The van der Waals surface area contributed by atoms with Crippen molar-refractivity contribution in [3.05, 3.63) is 83.5 Å². The highest BCUT2D eigenvalue weighted by Gasteiger charge is 2.54. The van der Waals surface area contributed by atoms with Gasteiger partial charge in [-0.05, 0) is 23.6 Å². The molecule has 0 aliphatic carbocycles. The zero-order valence-electron chi connectivity index (χ0n) is 22.0. The van der Waals surface area contributed by atoms with Crippen molar-refractivity contribution in [1.82, 2.24) is 15.2 Å². The molecule has 0 spiro atoms. The van der Waals surface area contributed by atoms with Gasteiger partial charge in [-0.2, -0.15) is 4.98 Å². The van der Waals surface area contributed by atoms with Gasteiger partial charge in [0.2, 0.25) is 0 Å². The fourth-order valence-electron chi connectivity index (χ4n) is 4.64. The van der Waals surface area contributed by atoms with Gasteiger partial charge in [0.25, 0.3) is 17.8 Å². The Bertz CT molecular complexity index is 1820. The van der Waals surface area contributed by atoms with Crippen molar-refractivity contribution in [3.63, 3.8) is 0 Å². The standard InChI is InChI=1S/C27H21N7O7S2/c28-26-30-17(12-40-26)19(32-41-27(39)29-16-4-2-1-3-5-16)22(35)31-20-23(36)34-21(25(37)38)15(13-43-24(20)34)11-33-8-6-18-14(10-33)7-9-42-18/h1-10,12,20,24H,11,13H2,(H4-,28,29,30,31,35,37,38,39)/p+1/t20?,24-/m0/s1. The molecule has 2 aliphatic rings. The number of oxazole rings is 1. The van der Waals surface area contributed by atoms with Gasteiger partial charge >= 0.3 is 12.1 Å². The van der Waals surface area contributed by atoms with E-state index in [1.165, 1.54) is 16.7 Å². The molecule has 0 saturated carbocycles. The average molecular weight is 621 g/mol. The molecule has 1 aromatic carbocycles. The minimum atomic E-state index is -1.24. The predicted molar refractivity (Wildman–Crippen MR) is 156 cm³/mol. The molecule has 1 saturated heterocycles. The predicted octanol–water partition coefficient (Wildman–Crippen LogP) is 2.15. The number of aliphatic carboxylic acids is 1. The van der Waals surface area contributed by atoms with Crippen LogP contribution in [0, 0.1) is 0 Å². The van der Waals surface area contributed by atoms with E-state index in [1.807, 2.05) is 34.5 Å². The maximum absolute atomic E-state index is 13.3. The number of nitrogens with zero attached hydrogens (tertiary/aromatic N) is 4. The Morgan fingerprint density at radius 3 is 2.79 bits per heavy atom. The number of nitrogens with two attached hydrogens (primary N) is 1. The monoisotopic (exact) mass is 620 g/mol. The molecule has 1 fully saturated rings. The number of hydrogen-bond donors (Lipinski definition) is 4.